The molecule has 2 rings (SSSR count). The topological polar surface area (TPSA) is 78.4 Å². The van der Waals surface area contributed by atoms with Crippen molar-refractivity contribution >= 4 is 11.4 Å². The second-order valence-corrected chi connectivity index (χ2v) is 5.23. The predicted molar refractivity (Wildman–Crippen MR) is 82.9 cm³/mol. The van der Waals surface area contributed by atoms with Gasteiger partial charge in [-0.1, -0.05) is 32.0 Å². The van der Waals surface area contributed by atoms with E-state index in [-0.39, 0.29) is 17.1 Å². The summed E-state index contributed by atoms with van der Waals surface area (Å²) < 4.78 is 5.75. The monoisotopic (exact) mass is 286 g/mol. The number of nitrogen functional groups attached to an aromatic ring is 1. The molecule has 2 aromatic rings. The molecule has 0 saturated heterocycles. The molecule has 0 aliphatic heterocycles. The first-order valence-corrected chi connectivity index (χ1v) is 6.71. The van der Waals surface area contributed by atoms with E-state index in [9.17, 15) is 10.1 Å². The van der Waals surface area contributed by atoms with Gasteiger partial charge in [-0.2, -0.15) is 0 Å². The van der Waals surface area contributed by atoms with E-state index in [0.29, 0.717) is 11.7 Å². The molecule has 0 fully saturated rings. The minimum atomic E-state index is -0.522. The Hall–Kier alpha value is -2.56. The van der Waals surface area contributed by atoms with Crippen LogP contribution in [-0.2, 0) is 0 Å². The number of nitro groups is 1. The minimum absolute atomic E-state index is 0.0927. The number of rotatable bonds is 4. The highest BCUT2D eigenvalue weighted by atomic mass is 16.6. The van der Waals surface area contributed by atoms with Gasteiger partial charge in [0.05, 0.1) is 4.92 Å². The number of para-hydroxylation sites is 1. The van der Waals surface area contributed by atoms with Crippen molar-refractivity contribution in [2.45, 2.75) is 26.7 Å². The summed E-state index contributed by atoms with van der Waals surface area (Å²) in [7, 11) is 0. The lowest BCUT2D eigenvalue weighted by Crippen LogP contribution is -1.99. The summed E-state index contributed by atoms with van der Waals surface area (Å²) in [5.74, 6) is 1.11. The molecule has 2 aromatic carbocycles. The van der Waals surface area contributed by atoms with Crippen LogP contribution in [0.4, 0.5) is 11.4 Å². The lowest BCUT2D eigenvalue weighted by Gasteiger charge is -2.13. The Bertz CT molecular complexity index is 681. The molecule has 0 amide bonds. The Kier molecular flexibility index (Phi) is 4.12. The number of nitrogens with zero attached hydrogens (tertiary/aromatic N) is 1. The summed E-state index contributed by atoms with van der Waals surface area (Å²) >= 11 is 0. The van der Waals surface area contributed by atoms with E-state index < -0.39 is 4.92 Å². The van der Waals surface area contributed by atoms with Crippen molar-refractivity contribution < 1.29 is 9.66 Å². The molecule has 2 N–H and O–H groups in total. The van der Waals surface area contributed by atoms with Crippen molar-refractivity contribution in [2.24, 2.45) is 0 Å². The van der Waals surface area contributed by atoms with E-state index in [4.69, 9.17) is 10.5 Å². The first-order chi connectivity index (χ1) is 9.90. The smallest absolute Gasteiger partial charge is 0.334 e. The van der Waals surface area contributed by atoms with Crippen molar-refractivity contribution in [1.29, 1.82) is 0 Å². The molecule has 5 nitrogen and oxygen atoms in total. The maximum atomic E-state index is 11.1. The molecule has 0 spiro atoms. The standard InChI is InChI=1S/C16H18N2O3/c1-10(2)12-8-7-11(3)15(9-12)21-14-6-4-5-13(17)16(14)18(19)20/h4-10H,17H2,1-3H3. The van der Waals surface area contributed by atoms with Gasteiger partial charge in [0.1, 0.15) is 11.4 Å². The van der Waals surface area contributed by atoms with Crippen LogP contribution in [0.5, 0.6) is 11.5 Å². The molecule has 0 aromatic heterocycles. The second-order valence-electron chi connectivity index (χ2n) is 5.23. The van der Waals surface area contributed by atoms with Gasteiger partial charge in [-0.15, -0.1) is 0 Å². The molecule has 0 atom stereocenters. The molecule has 0 unspecified atom stereocenters. The summed E-state index contributed by atoms with van der Waals surface area (Å²) in [5, 5.41) is 11.1. The number of aryl methyl sites for hydroxylation is 1. The Morgan fingerprint density at radius 2 is 1.90 bits per heavy atom. The van der Waals surface area contributed by atoms with Gasteiger partial charge in [0.25, 0.3) is 0 Å². The van der Waals surface area contributed by atoms with Crippen LogP contribution in [0.2, 0.25) is 0 Å². The van der Waals surface area contributed by atoms with Crippen molar-refractivity contribution in [1.82, 2.24) is 0 Å². The van der Waals surface area contributed by atoms with Gasteiger partial charge in [0.15, 0.2) is 0 Å². The maximum Gasteiger partial charge on any atom is 0.334 e. The molecular weight excluding hydrogens is 268 g/mol. The minimum Gasteiger partial charge on any atom is -0.450 e. The van der Waals surface area contributed by atoms with Crippen LogP contribution < -0.4 is 10.5 Å². The van der Waals surface area contributed by atoms with Crippen LogP contribution in [0.25, 0.3) is 0 Å². The van der Waals surface area contributed by atoms with Gasteiger partial charge in [-0.3, -0.25) is 10.1 Å². The van der Waals surface area contributed by atoms with Crippen LogP contribution in [0.15, 0.2) is 36.4 Å². The van der Waals surface area contributed by atoms with Crippen LogP contribution in [0, 0.1) is 17.0 Å². The van der Waals surface area contributed by atoms with Gasteiger partial charge in [-0.25, -0.2) is 0 Å². The average Bonchev–Trinajstić information content (AvgIpc) is 2.40. The Balaban J connectivity index is 2.46. The quantitative estimate of drug-likeness (QED) is 0.513. The van der Waals surface area contributed by atoms with Gasteiger partial charge in [0, 0.05) is 0 Å². The van der Waals surface area contributed by atoms with Crippen LogP contribution >= 0.6 is 0 Å². The summed E-state index contributed by atoms with van der Waals surface area (Å²) in [6, 6.07) is 10.6. The molecule has 0 aliphatic rings. The zero-order valence-electron chi connectivity index (χ0n) is 12.3. The lowest BCUT2D eigenvalue weighted by atomic mass is 10.0. The van der Waals surface area contributed by atoms with Gasteiger partial charge >= 0.3 is 5.69 Å². The fraction of sp³-hybridized carbons (Fsp3) is 0.250. The lowest BCUT2D eigenvalue weighted by molar-refractivity contribution is -0.384. The van der Waals surface area contributed by atoms with E-state index in [1.807, 2.05) is 25.1 Å². The zero-order chi connectivity index (χ0) is 15.6. The molecule has 5 heteroatoms. The summed E-state index contributed by atoms with van der Waals surface area (Å²) in [4.78, 5) is 10.6. The average molecular weight is 286 g/mol. The van der Waals surface area contributed by atoms with E-state index in [1.54, 1.807) is 12.1 Å². The first-order valence-electron chi connectivity index (χ1n) is 6.71. The number of anilines is 1. The number of hydrogen-bond acceptors (Lipinski definition) is 4. The Morgan fingerprint density at radius 1 is 1.19 bits per heavy atom. The number of hydrogen-bond donors (Lipinski definition) is 1. The highest BCUT2D eigenvalue weighted by molar-refractivity contribution is 5.66. The van der Waals surface area contributed by atoms with Crippen molar-refractivity contribution in [3.63, 3.8) is 0 Å². The molecule has 0 radical (unpaired) electrons. The van der Waals surface area contributed by atoms with Gasteiger partial charge in [-0.05, 0) is 42.2 Å². The fourth-order valence-electron chi connectivity index (χ4n) is 2.02. The third-order valence-electron chi connectivity index (χ3n) is 3.31. The van der Waals surface area contributed by atoms with Crippen LogP contribution in [-0.4, -0.2) is 4.92 Å². The molecule has 110 valence electrons. The third kappa shape index (κ3) is 3.13. The molecule has 0 aliphatic carbocycles. The summed E-state index contributed by atoms with van der Waals surface area (Å²) in [5.41, 5.74) is 7.59. The summed E-state index contributed by atoms with van der Waals surface area (Å²) in [6.07, 6.45) is 0. The first kappa shape index (κ1) is 14.8. The van der Waals surface area contributed by atoms with E-state index in [1.165, 1.54) is 6.07 Å². The van der Waals surface area contributed by atoms with Crippen molar-refractivity contribution in [3.8, 4) is 11.5 Å². The van der Waals surface area contributed by atoms with Crippen molar-refractivity contribution in [2.75, 3.05) is 5.73 Å². The van der Waals surface area contributed by atoms with Crippen LogP contribution in [0.1, 0.15) is 30.9 Å². The Morgan fingerprint density at radius 3 is 2.52 bits per heavy atom. The zero-order valence-corrected chi connectivity index (χ0v) is 12.3. The van der Waals surface area contributed by atoms with Crippen LogP contribution in [0.3, 0.4) is 0 Å². The van der Waals surface area contributed by atoms with Gasteiger partial charge in [0.2, 0.25) is 5.75 Å². The normalized spacial score (nSPS) is 10.7. The second kappa shape index (κ2) is 5.83. The predicted octanol–water partition coefficient (Wildman–Crippen LogP) is 4.40. The molecule has 21 heavy (non-hydrogen) atoms. The van der Waals surface area contributed by atoms with Crippen molar-refractivity contribution in [3.05, 3.63) is 57.6 Å². The van der Waals surface area contributed by atoms with E-state index in [2.05, 4.69) is 13.8 Å². The maximum absolute atomic E-state index is 11.1. The number of ether oxygens (including phenoxy) is 1. The van der Waals surface area contributed by atoms with E-state index in [0.717, 1.165) is 11.1 Å². The molecule has 0 saturated carbocycles. The third-order valence-corrected chi connectivity index (χ3v) is 3.31. The molecule has 0 heterocycles. The molecule has 0 bridgehead atoms. The Labute approximate surface area is 123 Å². The number of nitro benzene ring substituents is 1. The number of nitrogens with two attached hydrogens (primary N) is 1. The summed E-state index contributed by atoms with van der Waals surface area (Å²) in [6.45, 7) is 6.06. The highest BCUT2D eigenvalue weighted by Gasteiger charge is 2.20. The van der Waals surface area contributed by atoms with Gasteiger partial charge < -0.3 is 10.5 Å². The SMILES string of the molecule is Cc1ccc(C(C)C)cc1Oc1cccc(N)c1[N+](=O)[O-]. The highest BCUT2D eigenvalue weighted by Crippen LogP contribution is 2.37. The van der Waals surface area contributed by atoms with E-state index >= 15 is 0 Å². The fourth-order valence-corrected chi connectivity index (χ4v) is 2.02. The number of benzene rings is 2. The molecular formula is C16H18N2O3. The largest absolute Gasteiger partial charge is 0.450 e.